The number of aryl methyl sites for hydroxylation is 1. The fraction of sp³-hybridized carbons (Fsp3) is 0.167. The lowest BCUT2D eigenvalue weighted by Gasteiger charge is -2.12. The van der Waals surface area contributed by atoms with E-state index in [4.69, 9.17) is 14.6 Å². The second-order valence-electron chi connectivity index (χ2n) is 4.80. The van der Waals surface area contributed by atoms with Crippen LogP contribution in [-0.2, 0) is 11.4 Å². The number of hydrogen-bond acceptors (Lipinski definition) is 3. The van der Waals surface area contributed by atoms with E-state index in [0.29, 0.717) is 18.1 Å². The monoisotopic (exact) mass is 298 g/mol. The number of rotatable bonds is 6. The zero-order valence-corrected chi connectivity index (χ0v) is 12.6. The van der Waals surface area contributed by atoms with Gasteiger partial charge in [0.2, 0.25) is 0 Å². The summed E-state index contributed by atoms with van der Waals surface area (Å²) in [5, 5.41) is 8.65. The number of benzene rings is 2. The number of carboxylic acids is 1. The lowest BCUT2D eigenvalue weighted by atomic mass is 10.1. The van der Waals surface area contributed by atoms with Crippen LogP contribution >= 0.6 is 0 Å². The van der Waals surface area contributed by atoms with Crippen LogP contribution in [0.25, 0.3) is 6.08 Å². The highest BCUT2D eigenvalue weighted by molar-refractivity contribution is 5.85. The summed E-state index contributed by atoms with van der Waals surface area (Å²) in [5.41, 5.74) is 3.02. The Hall–Kier alpha value is -2.75. The lowest BCUT2D eigenvalue weighted by Crippen LogP contribution is -1.99. The summed E-state index contributed by atoms with van der Waals surface area (Å²) in [7, 11) is 1.56. The van der Waals surface area contributed by atoms with Gasteiger partial charge >= 0.3 is 5.97 Å². The van der Waals surface area contributed by atoms with Crippen molar-refractivity contribution in [1.29, 1.82) is 0 Å². The van der Waals surface area contributed by atoms with Gasteiger partial charge in [0.05, 0.1) is 7.11 Å². The number of methoxy groups -OCH3 is 1. The molecule has 114 valence electrons. The fourth-order valence-corrected chi connectivity index (χ4v) is 2.00. The van der Waals surface area contributed by atoms with E-state index in [-0.39, 0.29) is 0 Å². The van der Waals surface area contributed by atoms with Gasteiger partial charge in [-0.05, 0) is 41.8 Å². The van der Waals surface area contributed by atoms with Gasteiger partial charge in [-0.15, -0.1) is 0 Å². The molecule has 0 fully saturated rings. The van der Waals surface area contributed by atoms with Crippen molar-refractivity contribution in [3.63, 3.8) is 0 Å². The van der Waals surface area contributed by atoms with E-state index in [1.54, 1.807) is 25.3 Å². The molecule has 1 N–H and O–H groups in total. The van der Waals surface area contributed by atoms with Gasteiger partial charge in [0.25, 0.3) is 0 Å². The Morgan fingerprint density at radius 1 is 1.18 bits per heavy atom. The molecule has 0 aliphatic heterocycles. The summed E-state index contributed by atoms with van der Waals surface area (Å²) in [6.45, 7) is 2.49. The van der Waals surface area contributed by atoms with E-state index < -0.39 is 5.97 Å². The smallest absolute Gasteiger partial charge is 0.328 e. The van der Waals surface area contributed by atoms with Crippen molar-refractivity contribution in [2.45, 2.75) is 13.5 Å². The minimum absolute atomic E-state index is 0.452. The third kappa shape index (κ3) is 4.12. The number of hydrogen-bond donors (Lipinski definition) is 1. The molecule has 22 heavy (non-hydrogen) atoms. The molecule has 4 heteroatoms. The van der Waals surface area contributed by atoms with Gasteiger partial charge in [0, 0.05) is 6.08 Å². The summed E-state index contributed by atoms with van der Waals surface area (Å²) < 4.78 is 11.1. The van der Waals surface area contributed by atoms with Crippen LogP contribution in [0.3, 0.4) is 0 Å². The lowest BCUT2D eigenvalue weighted by molar-refractivity contribution is -0.131. The maximum absolute atomic E-state index is 10.5. The normalized spacial score (nSPS) is 10.6. The van der Waals surface area contributed by atoms with Crippen molar-refractivity contribution in [2.24, 2.45) is 0 Å². The topological polar surface area (TPSA) is 55.8 Å². The Bertz CT molecular complexity index is 689. The number of aliphatic carboxylic acids is 1. The Morgan fingerprint density at radius 3 is 2.64 bits per heavy atom. The van der Waals surface area contributed by atoms with Gasteiger partial charge in [-0.25, -0.2) is 4.79 Å². The van der Waals surface area contributed by atoms with Crippen LogP contribution in [0.1, 0.15) is 16.7 Å². The fourth-order valence-electron chi connectivity index (χ4n) is 2.00. The highest BCUT2D eigenvalue weighted by Crippen LogP contribution is 2.29. The van der Waals surface area contributed by atoms with Crippen LogP contribution in [0.15, 0.2) is 48.5 Å². The van der Waals surface area contributed by atoms with Crippen molar-refractivity contribution in [2.75, 3.05) is 7.11 Å². The van der Waals surface area contributed by atoms with Crippen molar-refractivity contribution in [1.82, 2.24) is 0 Å². The Balaban J connectivity index is 2.14. The maximum Gasteiger partial charge on any atom is 0.328 e. The van der Waals surface area contributed by atoms with Gasteiger partial charge in [-0.2, -0.15) is 0 Å². The first-order valence-electron chi connectivity index (χ1n) is 6.86. The summed E-state index contributed by atoms with van der Waals surface area (Å²) >= 11 is 0. The zero-order chi connectivity index (χ0) is 15.9. The first-order valence-corrected chi connectivity index (χ1v) is 6.86. The van der Waals surface area contributed by atoms with Gasteiger partial charge in [-0.3, -0.25) is 0 Å². The SMILES string of the molecule is COc1cc(C=CC(=O)O)ccc1OCc1ccccc1C. The Kier molecular flexibility index (Phi) is 5.20. The molecule has 0 aromatic heterocycles. The molecule has 0 bridgehead atoms. The molecule has 0 aliphatic rings. The molecule has 2 aromatic carbocycles. The largest absolute Gasteiger partial charge is 0.493 e. The molecule has 0 atom stereocenters. The summed E-state index contributed by atoms with van der Waals surface area (Å²) in [5.74, 6) is 0.207. The predicted molar refractivity (Wildman–Crippen MR) is 85.2 cm³/mol. The van der Waals surface area contributed by atoms with Gasteiger partial charge in [0.1, 0.15) is 6.61 Å². The minimum Gasteiger partial charge on any atom is -0.493 e. The van der Waals surface area contributed by atoms with Gasteiger partial charge in [0.15, 0.2) is 11.5 Å². The number of ether oxygens (including phenoxy) is 2. The van der Waals surface area contributed by atoms with Crippen molar-refractivity contribution in [3.05, 3.63) is 65.2 Å². The van der Waals surface area contributed by atoms with E-state index in [2.05, 4.69) is 0 Å². The van der Waals surface area contributed by atoms with Crippen LogP contribution in [-0.4, -0.2) is 18.2 Å². The second-order valence-corrected chi connectivity index (χ2v) is 4.80. The molecule has 0 unspecified atom stereocenters. The molecule has 0 radical (unpaired) electrons. The van der Waals surface area contributed by atoms with Crippen LogP contribution in [0.4, 0.5) is 0 Å². The highest BCUT2D eigenvalue weighted by Gasteiger charge is 2.06. The van der Waals surface area contributed by atoms with Crippen molar-refractivity contribution < 1.29 is 19.4 Å². The zero-order valence-electron chi connectivity index (χ0n) is 12.6. The molecule has 2 rings (SSSR count). The second kappa shape index (κ2) is 7.31. The molecular formula is C18H18O4. The third-order valence-corrected chi connectivity index (χ3v) is 3.25. The van der Waals surface area contributed by atoms with Crippen LogP contribution in [0.5, 0.6) is 11.5 Å². The van der Waals surface area contributed by atoms with Crippen LogP contribution < -0.4 is 9.47 Å². The van der Waals surface area contributed by atoms with E-state index in [9.17, 15) is 4.79 Å². The predicted octanol–water partition coefficient (Wildman–Crippen LogP) is 3.68. The molecule has 0 spiro atoms. The molecule has 4 nitrogen and oxygen atoms in total. The van der Waals surface area contributed by atoms with E-state index in [1.807, 2.05) is 31.2 Å². The van der Waals surface area contributed by atoms with Crippen LogP contribution in [0.2, 0.25) is 0 Å². The molecule has 0 saturated heterocycles. The summed E-state index contributed by atoms with van der Waals surface area (Å²) in [6.07, 6.45) is 2.60. The number of carbonyl (C=O) groups is 1. The quantitative estimate of drug-likeness (QED) is 0.827. The average molecular weight is 298 g/mol. The molecule has 2 aromatic rings. The van der Waals surface area contributed by atoms with Gasteiger partial charge in [-0.1, -0.05) is 30.3 Å². The molecule has 0 amide bonds. The Morgan fingerprint density at radius 2 is 1.95 bits per heavy atom. The minimum atomic E-state index is -0.987. The molecule has 0 saturated carbocycles. The number of carboxylic acid groups (broad SMARTS) is 1. The highest BCUT2D eigenvalue weighted by atomic mass is 16.5. The Labute approximate surface area is 129 Å². The molecular weight excluding hydrogens is 280 g/mol. The van der Waals surface area contributed by atoms with E-state index in [1.165, 1.54) is 11.6 Å². The molecule has 0 heterocycles. The maximum atomic E-state index is 10.5. The molecule has 0 aliphatic carbocycles. The first kappa shape index (κ1) is 15.6. The third-order valence-electron chi connectivity index (χ3n) is 3.25. The van der Waals surface area contributed by atoms with Crippen LogP contribution in [0, 0.1) is 6.92 Å². The summed E-state index contributed by atoms with van der Waals surface area (Å²) in [4.78, 5) is 10.5. The van der Waals surface area contributed by atoms with E-state index in [0.717, 1.165) is 17.2 Å². The van der Waals surface area contributed by atoms with Crippen molar-refractivity contribution >= 4 is 12.0 Å². The van der Waals surface area contributed by atoms with E-state index >= 15 is 0 Å². The standard InChI is InChI=1S/C18H18O4/c1-13-5-3-4-6-15(13)12-22-16-9-7-14(8-10-18(19)20)11-17(16)21-2/h3-11H,12H2,1-2H3,(H,19,20). The summed E-state index contributed by atoms with van der Waals surface area (Å²) in [6, 6.07) is 13.3. The average Bonchev–Trinajstić information content (AvgIpc) is 2.52. The van der Waals surface area contributed by atoms with Crippen molar-refractivity contribution in [3.8, 4) is 11.5 Å². The van der Waals surface area contributed by atoms with Gasteiger partial charge < -0.3 is 14.6 Å². The first-order chi connectivity index (χ1) is 10.6.